The number of phenols is 1. The van der Waals surface area contributed by atoms with Crippen molar-refractivity contribution in [1.82, 2.24) is 10.6 Å². The molecule has 0 atom stereocenters. The molecular weight excluding hydrogens is 498 g/mol. The lowest BCUT2D eigenvalue weighted by Crippen LogP contribution is -2.28. The second-order valence-electron chi connectivity index (χ2n) is 10.8. The van der Waals surface area contributed by atoms with Crippen LogP contribution < -0.4 is 16.4 Å². The number of carbonyl (C=O) groups excluding carboxylic acids is 2. The van der Waals surface area contributed by atoms with Crippen LogP contribution in [0.2, 0.25) is 0 Å². The van der Waals surface area contributed by atoms with Crippen molar-refractivity contribution in [1.29, 1.82) is 0 Å². The molecule has 0 aliphatic rings. The van der Waals surface area contributed by atoms with Crippen LogP contribution in [0.4, 0.5) is 0 Å². The molecule has 3 aromatic rings. The van der Waals surface area contributed by atoms with E-state index in [0.29, 0.717) is 37.4 Å². The van der Waals surface area contributed by atoms with Crippen molar-refractivity contribution >= 4 is 24.0 Å². The molecule has 0 saturated carbocycles. The lowest BCUT2D eigenvalue weighted by Gasteiger charge is -2.17. The van der Waals surface area contributed by atoms with E-state index < -0.39 is 0 Å². The molecule has 0 unspecified atom stereocenters. The van der Waals surface area contributed by atoms with Crippen molar-refractivity contribution in [2.24, 2.45) is 5.73 Å². The Kier molecular flexibility index (Phi) is 11.5. The van der Waals surface area contributed by atoms with Crippen molar-refractivity contribution in [3.8, 4) is 5.75 Å². The Morgan fingerprint density at radius 2 is 1.38 bits per heavy atom. The fourth-order valence-corrected chi connectivity index (χ4v) is 4.48. The molecule has 0 saturated heterocycles. The third kappa shape index (κ3) is 9.09. The summed E-state index contributed by atoms with van der Waals surface area (Å²) in [4.78, 5) is 24.4. The second-order valence-corrected chi connectivity index (χ2v) is 10.8. The van der Waals surface area contributed by atoms with Crippen molar-refractivity contribution in [2.75, 3.05) is 13.1 Å². The first kappa shape index (κ1) is 30.6. The quantitative estimate of drug-likeness (QED) is 0.195. The van der Waals surface area contributed by atoms with Gasteiger partial charge in [-0.1, -0.05) is 88.4 Å². The van der Waals surface area contributed by atoms with Crippen molar-refractivity contribution in [2.45, 2.75) is 65.3 Å². The van der Waals surface area contributed by atoms with E-state index in [2.05, 4.69) is 50.5 Å². The zero-order valence-electron chi connectivity index (χ0n) is 24.2. The predicted octanol–water partition coefficient (Wildman–Crippen LogP) is 6.14. The molecule has 2 amide bonds. The number of carbonyl (C=O) groups is 2. The molecule has 0 aliphatic carbocycles. The molecule has 3 rings (SSSR count). The zero-order valence-corrected chi connectivity index (χ0v) is 24.2. The Balaban J connectivity index is 1.45. The number of aromatic hydroxyl groups is 1. The first-order valence-electron chi connectivity index (χ1n) is 14.2. The van der Waals surface area contributed by atoms with Gasteiger partial charge in [-0.15, -0.1) is 0 Å². The Morgan fingerprint density at radius 3 is 1.90 bits per heavy atom. The summed E-state index contributed by atoms with van der Waals surface area (Å²) >= 11 is 0. The molecule has 6 nitrogen and oxygen atoms in total. The van der Waals surface area contributed by atoms with Gasteiger partial charge in [0.1, 0.15) is 5.75 Å². The van der Waals surface area contributed by atoms with Gasteiger partial charge < -0.3 is 21.5 Å². The van der Waals surface area contributed by atoms with Gasteiger partial charge in [-0.25, -0.2) is 0 Å². The van der Waals surface area contributed by atoms with Gasteiger partial charge in [0.25, 0.3) is 5.91 Å². The number of phenolic OH excluding ortho intramolecular Hbond substituents is 1. The van der Waals surface area contributed by atoms with E-state index in [-0.39, 0.29) is 23.7 Å². The number of benzene rings is 3. The minimum absolute atomic E-state index is 0.0380. The van der Waals surface area contributed by atoms with E-state index in [1.54, 1.807) is 12.1 Å². The predicted molar refractivity (Wildman–Crippen MR) is 164 cm³/mol. The van der Waals surface area contributed by atoms with E-state index in [1.165, 1.54) is 5.56 Å². The van der Waals surface area contributed by atoms with Gasteiger partial charge in [0, 0.05) is 31.6 Å². The maximum Gasteiger partial charge on any atom is 0.251 e. The van der Waals surface area contributed by atoms with E-state index in [9.17, 15) is 14.7 Å². The van der Waals surface area contributed by atoms with E-state index in [1.807, 2.05) is 48.6 Å². The molecule has 0 radical (unpaired) electrons. The molecule has 0 heterocycles. The third-order valence-electron chi connectivity index (χ3n) is 6.88. The second kappa shape index (κ2) is 15.0. The Bertz CT molecular complexity index is 1260. The molecular formula is C34H43N3O3. The van der Waals surface area contributed by atoms with Gasteiger partial charge in [0.2, 0.25) is 5.91 Å². The summed E-state index contributed by atoms with van der Waals surface area (Å²) in [5, 5.41) is 16.4. The minimum Gasteiger partial charge on any atom is -0.507 e. The average molecular weight is 542 g/mol. The lowest BCUT2D eigenvalue weighted by atomic mass is 9.90. The first-order chi connectivity index (χ1) is 19.2. The molecule has 212 valence electrons. The van der Waals surface area contributed by atoms with Crippen molar-refractivity contribution in [3.05, 3.63) is 99.6 Å². The van der Waals surface area contributed by atoms with Gasteiger partial charge in [0.05, 0.1) is 0 Å². The number of hydrogen-bond donors (Lipinski definition) is 4. The molecule has 3 aromatic carbocycles. The van der Waals surface area contributed by atoms with E-state index >= 15 is 0 Å². The van der Waals surface area contributed by atoms with Crippen LogP contribution in [0, 0.1) is 0 Å². The molecule has 6 heteroatoms. The third-order valence-corrected chi connectivity index (χ3v) is 6.88. The van der Waals surface area contributed by atoms with Crippen LogP contribution in [-0.4, -0.2) is 30.0 Å². The lowest BCUT2D eigenvalue weighted by molar-refractivity contribution is -0.121. The molecule has 0 aliphatic heterocycles. The fourth-order valence-electron chi connectivity index (χ4n) is 4.48. The van der Waals surface area contributed by atoms with Gasteiger partial charge in [0.15, 0.2) is 0 Å². The van der Waals surface area contributed by atoms with Gasteiger partial charge in [-0.05, 0) is 70.2 Å². The molecule has 0 fully saturated rings. The highest BCUT2D eigenvalue weighted by Crippen LogP contribution is 2.35. The number of nitrogens with one attached hydrogen (secondary N) is 2. The standard InChI is InChI=1S/C34H43N3O3/c1-23(2)30-20-28(21-31(24(3)4)33(30)39)6-5-7-32(38)37-22-27-12-10-25(11-13-27)8-9-26-14-16-29(17-15-26)34(40)36-19-18-35/h8-17,20-21,23-24,39H,5-7,18-19,22,35H2,1-4H3,(H,36,40)(H,37,38)/b9-8+. The van der Waals surface area contributed by atoms with Crippen LogP contribution in [0.3, 0.4) is 0 Å². The van der Waals surface area contributed by atoms with Gasteiger partial charge in [-0.2, -0.15) is 0 Å². The minimum atomic E-state index is -0.124. The maximum atomic E-state index is 12.5. The molecule has 0 bridgehead atoms. The highest BCUT2D eigenvalue weighted by molar-refractivity contribution is 5.94. The smallest absolute Gasteiger partial charge is 0.251 e. The summed E-state index contributed by atoms with van der Waals surface area (Å²) in [6, 6.07) is 19.7. The van der Waals surface area contributed by atoms with Crippen LogP contribution in [0.25, 0.3) is 12.2 Å². The van der Waals surface area contributed by atoms with Crippen molar-refractivity contribution < 1.29 is 14.7 Å². The van der Waals surface area contributed by atoms with E-state index in [4.69, 9.17) is 5.73 Å². The van der Waals surface area contributed by atoms with Crippen LogP contribution in [-0.2, 0) is 17.8 Å². The van der Waals surface area contributed by atoms with Crippen molar-refractivity contribution in [3.63, 3.8) is 0 Å². The average Bonchev–Trinajstić information content (AvgIpc) is 2.94. The summed E-state index contributed by atoms with van der Waals surface area (Å²) in [6.07, 6.45) is 6.04. The largest absolute Gasteiger partial charge is 0.507 e. The summed E-state index contributed by atoms with van der Waals surface area (Å²) < 4.78 is 0. The van der Waals surface area contributed by atoms with E-state index in [0.717, 1.165) is 40.7 Å². The summed E-state index contributed by atoms with van der Waals surface area (Å²) in [6.45, 7) is 9.72. The molecule has 5 N–H and O–H groups in total. The summed E-state index contributed by atoms with van der Waals surface area (Å²) in [7, 11) is 0. The van der Waals surface area contributed by atoms with Crippen LogP contribution >= 0.6 is 0 Å². The highest BCUT2D eigenvalue weighted by Gasteiger charge is 2.15. The highest BCUT2D eigenvalue weighted by atomic mass is 16.3. The zero-order chi connectivity index (χ0) is 29.1. The Morgan fingerprint density at radius 1 is 0.825 bits per heavy atom. The van der Waals surface area contributed by atoms with Crippen LogP contribution in [0.15, 0.2) is 60.7 Å². The number of hydrogen-bond acceptors (Lipinski definition) is 4. The number of nitrogens with two attached hydrogens (primary N) is 1. The number of aryl methyl sites for hydroxylation is 1. The monoisotopic (exact) mass is 541 g/mol. The first-order valence-corrected chi connectivity index (χ1v) is 14.2. The summed E-state index contributed by atoms with van der Waals surface area (Å²) in [5.41, 5.74) is 12.3. The molecule has 0 spiro atoms. The number of amides is 2. The summed E-state index contributed by atoms with van der Waals surface area (Å²) in [5.74, 6) is 0.815. The SMILES string of the molecule is CC(C)c1cc(CCCC(=O)NCc2ccc(/C=C/c3ccc(C(=O)NCCN)cc3)cc2)cc(C(C)C)c1O. The molecule has 40 heavy (non-hydrogen) atoms. The maximum absolute atomic E-state index is 12.5. The van der Waals surface area contributed by atoms with Crippen LogP contribution in [0.1, 0.15) is 96.1 Å². The van der Waals surface area contributed by atoms with Gasteiger partial charge >= 0.3 is 0 Å². The normalized spacial score (nSPS) is 11.4. The topological polar surface area (TPSA) is 104 Å². The number of rotatable bonds is 13. The Hall–Kier alpha value is -3.90. The van der Waals surface area contributed by atoms with Crippen LogP contribution in [0.5, 0.6) is 5.75 Å². The Labute approximate surface area is 238 Å². The molecule has 0 aromatic heterocycles. The fraction of sp³-hybridized carbons (Fsp3) is 0.353. The van der Waals surface area contributed by atoms with Gasteiger partial charge in [-0.3, -0.25) is 9.59 Å².